The highest BCUT2D eigenvalue weighted by Crippen LogP contribution is 2.42. The molecule has 1 saturated carbocycles. The number of hydrogen-bond donors (Lipinski definition) is 2. The quantitative estimate of drug-likeness (QED) is 0.857. The minimum atomic E-state index is -4.45. The van der Waals surface area contributed by atoms with Crippen LogP contribution in [0.2, 0.25) is 0 Å². The van der Waals surface area contributed by atoms with E-state index in [-0.39, 0.29) is 19.0 Å². The van der Waals surface area contributed by atoms with Crippen molar-refractivity contribution in [1.29, 1.82) is 0 Å². The van der Waals surface area contributed by atoms with Gasteiger partial charge in [0.25, 0.3) is 0 Å². The number of hydrogen-bond acceptors (Lipinski definition) is 2. The molecule has 1 aliphatic rings. The molecule has 1 aliphatic carbocycles. The predicted octanol–water partition coefficient (Wildman–Crippen LogP) is 3.91. The van der Waals surface area contributed by atoms with E-state index in [1.807, 2.05) is 19.1 Å². The van der Waals surface area contributed by atoms with Crippen LogP contribution in [0.25, 0.3) is 0 Å². The second kappa shape index (κ2) is 6.78. The Morgan fingerprint density at radius 1 is 1.28 bits per heavy atom. The fourth-order valence-corrected chi connectivity index (χ4v) is 2.54. The van der Waals surface area contributed by atoms with Crippen LogP contribution in [0.3, 0.4) is 0 Å². The van der Waals surface area contributed by atoms with Gasteiger partial charge in [-0.15, -0.1) is 0 Å². The van der Waals surface area contributed by atoms with Crippen LogP contribution in [0.4, 0.5) is 23.7 Å². The minimum Gasteiger partial charge on any atom is -0.336 e. The highest BCUT2D eigenvalue weighted by atomic mass is 19.4. The van der Waals surface area contributed by atoms with Gasteiger partial charge in [0.1, 0.15) is 0 Å². The molecule has 25 heavy (non-hydrogen) atoms. The number of anilines is 1. The maximum Gasteiger partial charge on any atom is 0.435 e. The predicted molar refractivity (Wildman–Crippen MR) is 87.4 cm³/mol. The molecule has 2 amide bonds. The molecule has 8 heteroatoms. The summed E-state index contributed by atoms with van der Waals surface area (Å²) in [5.74, 6) is 0.144. The van der Waals surface area contributed by atoms with Crippen LogP contribution in [0.1, 0.15) is 35.7 Å². The van der Waals surface area contributed by atoms with Crippen LogP contribution in [0.5, 0.6) is 0 Å². The zero-order valence-electron chi connectivity index (χ0n) is 13.7. The second-order valence-corrected chi connectivity index (χ2v) is 6.20. The first-order chi connectivity index (χ1) is 11.8. The van der Waals surface area contributed by atoms with E-state index in [0.29, 0.717) is 11.4 Å². The maximum atomic E-state index is 12.8. The molecule has 0 bridgehead atoms. The van der Waals surface area contributed by atoms with Gasteiger partial charge in [0.2, 0.25) is 0 Å². The lowest BCUT2D eigenvalue weighted by Crippen LogP contribution is -2.32. The molecule has 1 heterocycles. The first-order valence-electron chi connectivity index (χ1n) is 8.09. The van der Waals surface area contributed by atoms with E-state index in [2.05, 4.69) is 15.7 Å². The Hall–Kier alpha value is -2.51. The van der Waals surface area contributed by atoms with Gasteiger partial charge in [-0.05, 0) is 38.0 Å². The van der Waals surface area contributed by atoms with E-state index in [9.17, 15) is 18.0 Å². The van der Waals surface area contributed by atoms with Crippen molar-refractivity contribution < 1.29 is 18.0 Å². The van der Waals surface area contributed by atoms with E-state index in [4.69, 9.17) is 0 Å². The monoisotopic (exact) mass is 352 g/mol. The summed E-state index contributed by atoms with van der Waals surface area (Å²) >= 11 is 0. The summed E-state index contributed by atoms with van der Waals surface area (Å²) in [6.45, 7) is 2.33. The van der Waals surface area contributed by atoms with Gasteiger partial charge in [0.05, 0.1) is 6.54 Å². The summed E-state index contributed by atoms with van der Waals surface area (Å²) in [7, 11) is 0. The highest BCUT2D eigenvalue weighted by Gasteiger charge is 2.37. The van der Waals surface area contributed by atoms with Crippen molar-refractivity contribution in [3.8, 4) is 0 Å². The van der Waals surface area contributed by atoms with Crippen molar-refractivity contribution in [1.82, 2.24) is 15.1 Å². The molecule has 5 nitrogen and oxygen atoms in total. The average molecular weight is 352 g/mol. The molecule has 1 aromatic carbocycles. The van der Waals surface area contributed by atoms with Gasteiger partial charge in [-0.25, -0.2) is 4.79 Å². The molecule has 2 aromatic rings. The lowest BCUT2D eigenvalue weighted by atomic mass is 10.2. The summed E-state index contributed by atoms with van der Waals surface area (Å²) < 4.78 is 39.8. The number of nitrogens with one attached hydrogen (secondary N) is 2. The Kier molecular flexibility index (Phi) is 4.69. The van der Waals surface area contributed by atoms with Crippen LogP contribution < -0.4 is 10.6 Å². The summed E-state index contributed by atoms with van der Waals surface area (Å²) in [5.41, 5.74) is 1.45. The van der Waals surface area contributed by atoms with E-state index >= 15 is 0 Å². The molecule has 2 N–H and O–H groups in total. The van der Waals surface area contributed by atoms with E-state index in [1.165, 1.54) is 4.68 Å². The number of benzene rings is 1. The fraction of sp³-hybridized carbons (Fsp3) is 0.412. The van der Waals surface area contributed by atoms with Gasteiger partial charge < -0.3 is 10.6 Å². The number of carbonyl (C=O) groups is 1. The molecule has 0 atom stereocenters. The van der Waals surface area contributed by atoms with E-state index in [1.54, 1.807) is 12.1 Å². The van der Waals surface area contributed by atoms with E-state index in [0.717, 1.165) is 24.5 Å². The number of rotatable bonds is 5. The molecular formula is C17H19F3N4O. The third kappa shape index (κ3) is 4.52. The van der Waals surface area contributed by atoms with Crippen molar-refractivity contribution in [3.63, 3.8) is 0 Å². The zero-order chi connectivity index (χ0) is 18.0. The summed E-state index contributed by atoms with van der Waals surface area (Å²) in [4.78, 5) is 11.9. The average Bonchev–Trinajstić information content (AvgIpc) is 3.29. The smallest absolute Gasteiger partial charge is 0.336 e. The molecule has 0 unspecified atom stereocenters. The van der Waals surface area contributed by atoms with Crippen LogP contribution in [0.15, 0.2) is 30.3 Å². The van der Waals surface area contributed by atoms with E-state index < -0.39 is 17.9 Å². The Morgan fingerprint density at radius 3 is 2.56 bits per heavy atom. The fourth-order valence-electron chi connectivity index (χ4n) is 2.54. The Labute approximate surface area is 143 Å². The van der Waals surface area contributed by atoms with Gasteiger partial charge in [-0.3, -0.25) is 4.68 Å². The van der Waals surface area contributed by atoms with Gasteiger partial charge >= 0.3 is 12.2 Å². The van der Waals surface area contributed by atoms with Crippen LogP contribution in [-0.4, -0.2) is 22.4 Å². The van der Waals surface area contributed by atoms with Crippen molar-refractivity contribution in [2.75, 3.05) is 11.9 Å². The van der Waals surface area contributed by atoms with Crippen LogP contribution in [0, 0.1) is 6.92 Å². The van der Waals surface area contributed by atoms with Crippen molar-refractivity contribution in [2.24, 2.45) is 0 Å². The van der Waals surface area contributed by atoms with Crippen molar-refractivity contribution in [2.45, 2.75) is 38.4 Å². The lowest BCUT2D eigenvalue weighted by molar-refractivity contribution is -0.141. The molecule has 0 saturated heterocycles. The Morgan fingerprint density at radius 2 is 1.96 bits per heavy atom. The second-order valence-electron chi connectivity index (χ2n) is 6.20. The highest BCUT2D eigenvalue weighted by molar-refractivity contribution is 5.89. The first-order valence-corrected chi connectivity index (χ1v) is 8.09. The summed E-state index contributed by atoms with van der Waals surface area (Å²) in [6.07, 6.45) is -2.69. The van der Waals surface area contributed by atoms with Gasteiger partial charge in [-0.1, -0.05) is 17.7 Å². The number of urea groups is 1. The van der Waals surface area contributed by atoms with Gasteiger partial charge in [0.15, 0.2) is 5.69 Å². The number of aryl methyl sites for hydroxylation is 1. The summed E-state index contributed by atoms with van der Waals surface area (Å²) in [5, 5.41) is 8.96. The normalized spacial score (nSPS) is 14.4. The van der Waals surface area contributed by atoms with Crippen molar-refractivity contribution >= 4 is 11.7 Å². The Bertz CT molecular complexity index is 748. The number of alkyl halides is 3. The number of nitrogens with zero attached hydrogens (tertiary/aromatic N) is 2. The molecule has 0 spiro atoms. The molecular weight excluding hydrogens is 333 g/mol. The molecule has 3 rings (SSSR count). The summed E-state index contributed by atoms with van der Waals surface area (Å²) in [6, 6.07) is 8.02. The standard InChI is InChI=1S/C17H19F3N4O/c1-11-2-6-13(7-3-11)22-16(25)21-8-9-24-14(12-4-5-12)10-15(23-24)17(18,19)20/h2-3,6-7,10,12H,4-5,8-9H2,1H3,(H2,21,22,25). The van der Waals surface area contributed by atoms with Crippen LogP contribution in [-0.2, 0) is 12.7 Å². The number of halogens is 3. The van der Waals surface area contributed by atoms with Gasteiger partial charge in [0, 0.05) is 23.8 Å². The third-order valence-electron chi connectivity index (χ3n) is 4.02. The molecule has 134 valence electrons. The molecule has 0 radical (unpaired) electrons. The zero-order valence-corrected chi connectivity index (χ0v) is 13.7. The number of carbonyl (C=O) groups excluding carboxylic acids is 1. The van der Waals surface area contributed by atoms with Crippen LogP contribution >= 0.6 is 0 Å². The maximum absolute atomic E-state index is 12.8. The largest absolute Gasteiger partial charge is 0.435 e. The topological polar surface area (TPSA) is 59.0 Å². The third-order valence-corrected chi connectivity index (χ3v) is 4.02. The van der Waals surface area contributed by atoms with Gasteiger partial charge in [-0.2, -0.15) is 18.3 Å². The molecule has 0 aliphatic heterocycles. The van der Waals surface area contributed by atoms with Crippen molar-refractivity contribution in [3.05, 3.63) is 47.3 Å². The first kappa shape index (κ1) is 17.3. The Balaban J connectivity index is 1.55. The SMILES string of the molecule is Cc1ccc(NC(=O)NCCn2nc(C(F)(F)F)cc2C2CC2)cc1. The molecule has 1 aromatic heterocycles. The number of amides is 2. The number of aromatic nitrogens is 2. The lowest BCUT2D eigenvalue weighted by Gasteiger charge is -2.10. The molecule has 1 fully saturated rings. The minimum absolute atomic E-state index is 0.144.